The molecule has 3 rings (SSSR count). The van der Waals surface area contributed by atoms with Gasteiger partial charge in [0.25, 0.3) is 5.91 Å². The van der Waals surface area contributed by atoms with E-state index in [-0.39, 0.29) is 11.9 Å². The lowest BCUT2D eigenvalue weighted by atomic mass is 10.1. The zero-order valence-electron chi connectivity index (χ0n) is 12.2. The summed E-state index contributed by atoms with van der Waals surface area (Å²) >= 11 is 0. The van der Waals surface area contributed by atoms with E-state index in [0.29, 0.717) is 11.3 Å². The summed E-state index contributed by atoms with van der Waals surface area (Å²) in [5.41, 5.74) is 1.42. The molecule has 5 heteroatoms. The molecule has 1 aromatic carbocycles. The molecule has 0 unspecified atom stereocenters. The molecule has 0 spiro atoms. The van der Waals surface area contributed by atoms with Crippen molar-refractivity contribution in [2.75, 3.05) is 13.7 Å². The average Bonchev–Trinajstić information content (AvgIpc) is 3.14. The van der Waals surface area contributed by atoms with Gasteiger partial charge in [-0.05, 0) is 31.9 Å². The number of amides is 1. The van der Waals surface area contributed by atoms with E-state index < -0.39 is 0 Å². The third kappa shape index (κ3) is 2.51. The quantitative estimate of drug-likeness (QED) is 0.870. The normalized spacial score (nSPS) is 18.0. The molecule has 1 atom stereocenters. The van der Waals surface area contributed by atoms with Gasteiger partial charge in [-0.3, -0.25) is 4.79 Å². The van der Waals surface area contributed by atoms with Gasteiger partial charge in [0.15, 0.2) is 0 Å². The first kappa shape index (κ1) is 13.7. The highest BCUT2D eigenvalue weighted by Gasteiger charge is 2.33. The largest absolute Gasteiger partial charge is 0.496 e. The Kier molecular flexibility index (Phi) is 3.64. The van der Waals surface area contributed by atoms with Crippen LogP contribution in [0.5, 0.6) is 5.75 Å². The van der Waals surface area contributed by atoms with Crippen molar-refractivity contribution in [1.29, 1.82) is 0 Å². The van der Waals surface area contributed by atoms with Gasteiger partial charge >= 0.3 is 0 Å². The summed E-state index contributed by atoms with van der Waals surface area (Å²) in [6.07, 6.45) is 1.88. The van der Waals surface area contributed by atoms with Crippen LogP contribution < -0.4 is 4.74 Å². The van der Waals surface area contributed by atoms with Crippen LogP contribution in [0.15, 0.2) is 34.9 Å². The fraction of sp³-hybridized carbons (Fsp3) is 0.375. The van der Waals surface area contributed by atoms with Crippen LogP contribution in [-0.4, -0.2) is 29.6 Å². The van der Waals surface area contributed by atoms with Crippen molar-refractivity contribution in [1.82, 2.24) is 10.1 Å². The summed E-state index contributed by atoms with van der Waals surface area (Å²) in [6.45, 7) is 2.59. The molecule has 110 valence electrons. The summed E-state index contributed by atoms with van der Waals surface area (Å²) < 4.78 is 10.4. The molecule has 1 amide bonds. The number of ether oxygens (including phenoxy) is 1. The molecule has 0 radical (unpaired) electrons. The van der Waals surface area contributed by atoms with E-state index in [9.17, 15) is 4.79 Å². The number of hydrogen-bond donors (Lipinski definition) is 0. The minimum Gasteiger partial charge on any atom is -0.496 e. The lowest BCUT2D eigenvalue weighted by Gasteiger charge is -2.23. The smallest absolute Gasteiger partial charge is 0.258 e. The van der Waals surface area contributed by atoms with Crippen LogP contribution in [0.25, 0.3) is 0 Å². The second kappa shape index (κ2) is 5.60. The van der Waals surface area contributed by atoms with Gasteiger partial charge in [0.05, 0.1) is 18.7 Å². The van der Waals surface area contributed by atoms with Crippen LogP contribution in [-0.2, 0) is 0 Å². The predicted molar refractivity (Wildman–Crippen MR) is 77.2 cm³/mol. The number of benzene rings is 1. The first-order valence-electron chi connectivity index (χ1n) is 7.08. The Morgan fingerprint density at radius 2 is 2.24 bits per heavy atom. The topological polar surface area (TPSA) is 55.6 Å². The Bertz CT molecular complexity index is 650. The fourth-order valence-corrected chi connectivity index (χ4v) is 2.84. The Morgan fingerprint density at radius 3 is 2.95 bits per heavy atom. The summed E-state index contributed by atoms with van der Waals surface area (Å²) in [7, 11) is 1.58. The van der Waals surface area contributed by atoms with Crippen LogP contribution >= 0.6 is 0 Å². The monoisotopic (exact) mass is 286 g/mol. The van der Waals surface area contributed by atoms with E-state index in [2.05, 4.69) is 5.16 Å². The molecular formula is C16H18N2O3. The Hall–Kier alpha value is -2.30. The number of rotatable bonds is 3. The van der Waals surface area contributed by atoms with Crippen molar-refractivity contribution in [3.05, 3.63) is 47.3 Å². The predicted octanol–water partition coefficient (Wildman–Crippen LogP) is 2.97. The molecule has 1 aliphatic rings. The molecule has 0 saturated carbocycles. The molecule has 1 aliphatic heterocycles. The van der Waals surface area contributed by atoms with E-state index in [1.54, 1.807) is 19.2 Å². The molecule has 2 heterocycles. The van der Waals surface area contributed by atoms with Crippen LogP contribution in [0.2, 0.25) is 0 Å². The third-order valence-corrected chi connectivity index (χ3v) is 3.84. The standard InChI is InChI=1S/C16H18N2O3/c1-11-10-13(17-21-11)14-7-5-9-18(14)16(19)12-6-3-4-8-15(12)20-2/h3-4,6,8,10,14H,5,7,9H2,1-2H3/t14-/m0/s1. The van der Waals surface area contributed by atoms with Crippen molar-refractivity contribution in [2.24, 2.45) is 0 Å². The van der Waals surface area contributed by atoms with Gasteiger partial charge < -0.3 is 14.2 Å². The lowest BCUT2D eigenvalue weighted by Crippen LogP contribution is -2.31. The second-order valence-corrected chi connectivity index (χ2v) is 5.22. The molecule has 0 N–H and O–H groups in total. The molecule has 5 nitrogen and oxygen atoms in total. The highest BCUT2D eigenvalue weighted by atomic mass is 16.5. The number of aromatic nitrogens is 1. The average molecular weight is 286 g/mol. The highest BCUT2D eigenvalue weighted by molar-refractivity contribution is 5.97. The lowest BCUT2D eigenvalue weighted by molar-refractivity contribution is 0.0727. The maximum absolute atomic E-state index is 12.8. The number of hydrogen-bond acceptors (Lipinski definition) is 4. The highest BCUT2D eigenvalue weighted by Crippen LogP contribution is 2.34. The van der Waals surface area contributed by atoms with Crippen LogP contribution in [0.1, 0.15) is 40.7 Å². The first-order valence-corrected chi connectivity index (χ1v) is 7.08. The number of methoxy groups -OCH3 is 1. The van der Waals surface area contributed by atoms with Gasteiger partial charge in [0.2, 0.25) is 0 Å². The molecule has 2 aromatic rings. The number of carbonyl (C=O) groups is 1. The van der Waals surface area contributed by atoms with Crippen molar-refractivity contribution in [3.8, 4) is 5.75 Å². The minimum atomic E-state index is -0.0180. The minimum absolute atomic E-state index is 0.0140. The Balaban J connectivity index is 1.89. The SMILES string of the molecule is COc1ccccc1C(=O)N1CCC[C@H]1c1cc(C)on1. The van der Waals surface area contributed by atoms with Crippen molar-refractivity contribution in [3.63, 3.8) is 0 Å². The molecule has 21 heavy (non-hydrogen) atoms. The molecule has 1 fully saturated rings. The molecule has 1 aromatic heterocycles. The van der Waals surface area contributed by atoms with Gasteiger partial charge in [-0.15, -0.1) is 0 Å². The third-order valence-electron chi connectivity index (χ3n) is 3.84. The fourth-order valence-electron chi connectivity index (χ4n) is 2.84. The maximum atomic E-state index is 12.8. The van der Waals surface area contributed by atoms with Crippen LogP contribution in [0.4, 0.5) is 0 Å². The number of likely N-dealkylation sites (tertiary alicyclic amines) is 1. The number of carbonyl (C=O) groups excluding carboxylic acids is 1. The summed E-state index contributed by atoms with van der Waals surface area (Å²) in [5.74, 6) is 1.35. The number of para-hydroxylation sites is 1. The van der Waals surface area contributed by atoms with Crippen LogP contribution in [0, 0.1) is 6.92 Å². The Labute approximate surface area is 123 Å². The molecule has 0 bridgehead atoms. The first-order chi connectivity index (χ1) is 10.2. The van der Waals surface area contributed by atoms with Gasteiger partial charge in [-0.1, -0.05) is 17.3 Å². The number of aryl methyl sites for hydroxylation is 1. The zero-order chi connectivity index (χ0) is 14.8. The van der Waals surface area contributed by atoms with Crippen molar-refractivity contribution < 1.29 is 14.1 Å². The molecular weight excluding hydrogens is 268 g/mol. The van der Waals surface area contributed by atoms with E-state index in [4.69, 9.17) is 9.26 Å². The number of nitrogens with zero attached hydrogens (tertiary/aromatic N) is 2. The van der Waals surface area contributed by atoms with Gasteiger partial charge in [-0.25, -0.2) is 0 Å². The van der Waals surface area contributed by atoms with Crippen LogP contribution in [0.3, 0.4) is 0 Å². The van der Waals surface area contributed by atoms with Gasteiger partial charge in [0, 0.05) is 12.6 Å². The molecule has 0 aliphatic carbocycles. The summed E-state index contributed by atoms with van der Waals surface area (Å²) in [6, 6.07) is 9.20. The van der Waals surface area contributed by atoms with E-state index in [1.165, 1.54) is 0 Å². The van der Waals surface area contributed by atoms with E-state index in [1.807, 2.05) is 30.0 Å². The van der Waals surface area contributed by atoms with Gasteiger partial charge in [0.1, 0.15) is 17.2 Å². The Morgan fingerprint density at radius 1 is 1.43 bits per heavy atom. The van der Waals surface area contributed by atoms with E-state index in [0.717, 1.165) is 30.8 Å². The van der Waals surface area contributed by atoms with Crippen molar-refractivity contribution >= 4 is 5.91 Å². The summed E-state index contributed by atoms with van der Waals surface area (Å²) in [4.78, 5) is 14.7. The zero-order valence-corrected chi connectivity index (χ0v) is 12.2. The second-order valence-electron chi connectivity index (χ2n) is 5.22. The van der Waals surface area contributed by atoms with Gasteiger partial charge in [-0.2, -0.15) is 0 Å². The van der Waals surface area contributed by atoms with E-state index >= 15 is 0 Å². The molecule has 1 saturated heterocycles. The summed E-state index contributed by atoms with van der Waals surface area (Å²) in [5, 5.41) is 4.07. The van der Waals surface area contributed by atoms with Crippen molar-refractivity contribution in [2.45, 2.75) is 25.8 Å². The maximum Gasteiger partial charge on any atom is 0.258 e.